The second kappa shape index (κ2) is 14.6. The molecule has 0 unspecified atom stereocenters. The first kappa shape index (κ1) is 34.4. The summed E-state index contributed by atoms with van der Waals surface area (Å²) in [7, 11) is 0.807. The zero-order valence-corrected chi connectivity index (χ0v) is 31.1. The standard InChI is InChI=1S/C35H41BrN9O4P/c1-44-21-22(19-40-44)25-17-29(31(47-2)18-30(25)45-13-7-23(8-14-45)49-24-9-15-48-16-10-24)42-35-39-20-26(36)34(43-35)41-28-6-5-27-32(38-12-11-37-27)33(28)50(3,4)46/h5-6,11-12,17-21,23-24H,7-10,13-16H2,1-4H3,(H2,39,41,42,43). The SMILES string of the molecule is COc1cc(N2CCC(OC3CCOCC3)CC2)c(-c2cnn(C)c2)cc1Nc1ncc(Br)c(Nc2ccc3nccnc3c2P(C)(C)=O)n1. The molecule has 0 atom stereocenters. The molecule has 7 rings (SSSR count). The third kappa shape index (κ3) is 7.48. The Morgan fingerprint density at radius 1 is 0.960 bits per heavy atom. The highest BCUT2D eigenvalue weighted by atomic mass is 79.9. The second-order valence-corrected chi connectivity index (χ2v) is 17.0. The van der Waals surface area contributed by atoms with E-state index in [0.29, 0.717) is 49.7 Å². The predicted molar refractivity (Wildman–Crippen MR) is 200 cm³/mol. The van der Waals surface area contributed by atoms with E-state index in [1.54, 1.807) is 43.7 Å². The number of benzene rings is 2. The van der Waals surface area contributed by atoms with Gasteiger partial charge < -0.3 is 34.3 Å². The molecular formula is C35H41BrN9O4P. The highest BCUT2D eigenvalue weighted by molar-refractivity contribution is 9.10. The van der Waals surface area contributed by atoms with Gasteiger partial charge in [-0.1, -0.05) is 0 Å². The number of nitrogens with one attached hydrogen (secondary N) is 2. The zero-order chi connectivity index (χ0) is 34.8. The van der Waals surface area contributed by atoms with Crippen LogP contribution in [0, 0.1) is 0 Å². The number of aromatic nitrogens is 6. The van der Waals surface area contributed by atoms with Gasteiger partial charge in [-0.15, -0.1) is 0 Å². The Bertz CT molecular complexity index is 2040. The lowest BCUT2D eigenvalue weighted by Crippen LogP contribution is -2.39. The molecule has 2 N–H and O–H groups in total. The van der Waals surface area contributed by atoms with Gasteiger partial charge >= 0.3 is 0 Å². The average Bonchev–Trinajstić information content (AvgIpc) is 3.55. The normalized spacial score (nSPS) is 16.1. The van der Waals surface area contributed by atoms with Crippen LogP contribution in [0.5, 0.6) is 5.75 Å². The summed E-state index contributed by atoms with van der Waals surface area (Å²) < 4.78 is 33.9. The summed E-state index contributed by atoms with van der Waals surface area (Å²) in [5.41, 5.74) is 5.69. The number of nitrogens with zero attached hydrogens (tertiary/aromatic N) is 7. The monoisotopic (exact) mass is 761 g/mol. The third-order valence-electron chi connectivity index (χ3n) is 9.07. The average molecular weight is 763 g/mol. The van der Waals surface area contributed by atoms with Gasteiger partial charge in [-0.05, 0) is 73.1 Å². The molecule has 50 heavy (non-hydrogen) atoms. The number of aryl methyl sites for hydroxylation is 1. The zero-order valence-electron chi connectivity index (χ0n) is 28.6. The van der Waals surface area contributed by atoms with Crippen LogP contribution in [-0.2, 0) is 21.1 Å². The van der Waals surface area contributed by atoms with Crippen LogP contribution in [0.3, 0.4) is 0 Å². The fraction of sp³-hybridized carbons (Fsp3) is 0.400. The molecule has 13 nitrogen and oxygen atoms in total. The highest BCUT2D eigenvalue weighted by Crippen LogP contribution is 2.43. The van der Waals surface area contributed by atoms with Gasteiger partial charge in [0.15, 0.2) is 0 Å². The van der Waals surface area contributed by atoms with Crippen molar-refractivity contribution in [3.8, 4) is 16.9 Å². The van der Waals surface area contributed by atoms with Gasteiger partial charge in [-0.3, -0.25) is 14.6 Å². The lowest BCUT2D eigenvalue weighted by Gasteiger charge is -2.37. The van der Waals surface area contributed by atoms with E-state index in [9.17, 15) is 4.57 Å². The Hall–Kier alpha value is -4.10. The van der Waals surface area contributed by atoms with Crippen molar-refractivity contribution in [1.29, 1.82) is 0 Å². The van der Waals surface area contributed by atoms with Crippen LogP contribution in [0.2, 0.25) is 0 Å². The molecule has 2 aliphatic heterocycles. The van der Waals surface area contributed by atoms with Crippen molar-refractivity contribution in [3.05, 3.63) is 59.7 Å². The Labute approximate surface area is 299 Å². The van der Waals surface area contributed by atoms with E-state index in [-0.39, 0.29) is 12.2 Å². The van der Waals surface area contributed by atoms with Gasteiger partial charge in [-0.25, -0.2) is 4.98 Å². The van der Waals surface area contributed by atoms with E-state index in [0.717, 1.165) is 68.8 Å². The first-order valence-corrected chi connectivity index (χ1v) is 20.1. The lowest BCUT2D eigenvalue weighted by molar-refractivity contribution is -0.0743. The molecule has 0 radical (unpaired) electrons. The summed E-state index contributed by atoms with van der Waals surface area (Å²) in [4.78, 5) is 20.7. The van der Waals surface area contributed by atoms with E-state index in [2.05, 4.69) is 63.6 Å². The minimum Gasteiger partial charge on any atom is -0.494 e. The summed E-state index contributed by atoms with van der Waals surface area (Å²) in [5, 5.41) is 11.8. The molecule has 5 aromatic rings. The van der Waals surface area contributed by atoms with Crippen LogP contribution >= 0.6 is 23.1 Å². The first-order chi connectivity index (χ1) is 24.2. The van der Waals surface area contributed by atoms with Crippen molar-refractivity contribution in [3.63, 3.8) is 0 Å². The molecule has 15 heteroatoms. The molecule has 0 saturated carbocycles. The molecule has 2 aromatic carbocycles. The highest BCUT2D eigenvalue weighted by Gasteiger charge is 2.27. The van der Waals surface area contributed by atoms with Gasteiger partial charge in [0.1, 0.15) is 24.2 Å². The molecule has 5 heterocycles. The van der Waals surface area contributed by atoms with Crippen molar-refractivity contribution in [1.82, 2.24) is 29.7 Å². The molecular weight excluding hydrogens is 721 g/mol. The van der Waals surface area contributed by atoms with Crippen LogP contribution in [0.1, 0.15) is 25.7 Å². The number of halogens is 1. The van der Waals surface area contributed by atoms with Crippen molar-refractivity contribution in [2.75, 3.05) is 62.3 Å². The molecule has 2 saturated heterocycles. The summed E-state index contributed by atoms with van der Waals surface area (Å²) in [6, 6.07) is 7.85. The molecule has 0 bridgehead atoms. The van der Waals surface area contributed by atoms with Crippen molar-refractivity contribution >= 4 is 68.2 Å². The molecule has 0 aliphatic carbocycles. The smallest absolute Gasteiger partial charge is 0.229 e. The summed E-state index contributed by atoms with van der Waals surface area (Å²) in [5.74, 6) is 1.50. The Morgan fingerprint density at radius 2 is 1.72 bits per heavy atom. The minimum absolute atomic E-state index is 0.247. The van der Waals surface area contributed by atoms with Crippen LogP contribution in [0.25, 0.3) is 22.2 Å². The van der Waals surface area contributed by atoms with Gasteiger partial charge in [0.2, 0.25) is 5.95 Å². The molecule has 3 aromatic heterocycles. The Balaban J connectivity index is 1.17. The van der Waals surface area contributed by atoms with E-state index in [1.807, 2.05) is 31.6 Å². The maximum atomic E-state index is 13.5. The lowest BCUT2D eigenvalue weighted by atomic mass is 10.0. The van der Waals surface area contributed by atoms with E-state index in [1.165, 1.54) is 0 Å². The van der Waals surface area contributed by atoms with Crippen molar-refractivity contribution in [2.45, 2.75) is 37.9 Å². The molecule has 262 valence electrons. The summed E-state index contributed by atoms with van der Waals surface area (Å²) in [6.07, 6.45) is 13.2. The third-order valence-corrected chi connectivity index (χ3v) is 11.2. The topological polar surface area (TPSA) is 141 Å². The largest absolute Gasteiger partial charge is 0.494 e. The number of fused-ring (bicyclic) bond motifs is 1. The molecule has 2 aliphatic rings. The number of ether oxygens (including phenoxy) is 3. The minimum atomic E-state index is -2.77. The predicted octanol–water partition coefficient (Wildman–Crippen LogP) is 6.49. The number of hydrogen-bond acceptors (Lipinski definition) is 12. The Morgan fingerprint density at radius 3 is 2.44 bits per heavy atom. The first-order valence-electron chi connectivity index (χ1n) is 16.7. The van der Waals surface area contributed by atoms with Crippen LogP contribution in [0.15, 0.2) is 59.7 Å². The van der Waals surface area contributed by atoms with Crippen molar-refractivity contribution in [2.24, 2.45) is 7.05 Å². The second-order valence-electron chi connectivity index (χ2n) is 13.0. The summed E-state index contributed by atoms with van der Waals surface area (Å²) in [6.45, 7) is 6.75. The van der Waals surface area contributed by atoms with Crippen LogP contribution < -0.4 is 25.6 Å². The van der Waals surface area contributed by atoms with Gasteiger partial charge in [0, 0.05) is 81.0 Å². The number of piperidine rings is 1. The molecule has 2 fully saturated rings. The van der Waals surface area contributed by atoms with E-state index < -0.39 is 7.14 Å². The maximum Gasteiger partial charge on any atom is 0.229 e. The fourth-order valence-electron chi connectivity index (χ4n) is 6.64. The molecule has 0 amide bonds. The molecule has 0 spiro atoms. The maximum absolute atomic E-state index is 13.5. The van der Waals surface area contributed by atoms with Crippen LogP contribution in [-0.4, -0.2) is 88.7 Å². The Kier molecular flexibility index (Phi) is 10.1. The quantitative estimate of drug-likeness (QED) is 0.150. The van der Waals surface area contributed by atoms with E-state index in [4.69, 9.17) is 19.2 Å². The van der Waals surface area contributed by atoms with Crippen molar-refractivity contribution < 1.29 is 18.8 Å². The van der Waals surface area contributed by atoms with Gasteiger partial charge in [0.05, 0.1) is 52.2 Å². The summed E-state index contributed by atoms with van der Waals surface area (Å²) >= 11 is 3.59. The van der Waals surface area contributed by atoms with E-state index >= 15 is 0 Å². The van der Waals surface area contributed by atoms with Crippen LogP contribution in [0.4, 0.5) is 28.8 Å². The fourth-order valence-corrected chi connectivity index (χ4v) is 8.32. The number of methoxy groups -OCH3 is 1. The number of rotatable bonds is 10. The van der Waals surface area contributed by atoms with Gasteiger partial charge in [-0.2, -0.15) is 10.1 Å². The number of hydrogen-bond donors (Lipinski definition) is 2. The number of anilines is 5. The van der Waals surface area contributed by atoms with Gasteiger partial charge in [0.25, 0.3) is 0 Å².